The van der Waals surface area contributed by atoms with Gasteiger partial charge in [-0.15, -0.1) is 0 Å². The third-order valence-corrected chi connectivity index (χ3v) is 2.99. The van der Waals surface area contributed by atoms with E-state index in [2.05, 4.69) is 15.3 Å². The first kappa shape index (κ1) is 13.0. The second-order valence-electron chi connectivity index (χ2n) is 4.45. The van der Waals surface area contributed by atoms with E-state index in [1.807, 2.05) is 12.1 Å². The molecule has 0 aliphatic carbocycles. The molecule has 0 radical (unpaired) electrons. The molecule has 1 aromatic carbocycles. The molecule has 0 spiro atoms. The van der Waals surface area contributed by atoms with Crippen molar-refractivity contribution in [3.05, 3.63) is 60.2 Å². The number of hydrogen-bond donors (Lipinski definition) is 2. The zero-order valence-corrected chi connectivity index (χ0v) is 10.9. The Balaban J connectivity index is 1.90. The van der Waals surface area contributed by atoms with Crippen molar-refractivity contribution in [2.24, 2.45) is 0 Å². The third-order valence-electron chi connectivity index (χ3n) is 2.99. The summed E-state index contributed by atoms with van der Waals surface area (Å²) in [5.41, 5.74) is 6.98. The van der Waals surface area contributed by atoms with Crippen LogP contribution in [0.5, 0.6) is 0 Å². The first-order valence-corrected chi connectivity index (χ1v) is 6.20. The molecule has 104 valence electrons. The lowest BCUT2D eigenvalue weighted by molar-refractivity contribution is 0.102. The predicted molar refractivity (Wildman–Crippen MR) is 78.3 cm³/mol. The number of halogens is 1. The maximum atomic E-state index is 13.1. The summed E-state index contributed by atoms with van der Waals surface area (Å²) in [6.07, 6.45) is 2.66. The number of fused-ring (bicyclic) bond motifs is 1. The van der Waals surface area contributed by atoms with Crippen LogP contribution in [-0.4, -0.2) is 15.9 Å². The van der Waals surface area contributed by atoms with Crippen molar-refractivity contribution in [3.8, 4) is 0 Å². The second-order valence-corrected chi connectivity index (χ2v) is 4.45. The predicted octanol–water partition coefficient (Wildman–Crippen LogP) is 2.60. The van der Waals surface area contributed by atoms with Gasteiger partial charge in [0.15, 0.2) is 0 Å². The Morgan fingerprint density at radius 3 is 2.90 bits per heavy atom. The van der Waals surface area contributed by atoms with Gasteiger partial charge in [-0.05, 0) is 30.3 Å². The number of rotatable bonds is 2. The number of carbonyl (C=O) groups is 1. The van der Waals surface area contributed by atoms with Gasteiger partial charge < -0.3 is 11.1 Å². The fraction of sp³-hybridized carbons (Fsp3) is 0. The van der Waals surface area contributed by atoms with Gasteiger partial charge in [0.25, 0.3) is 5.91 Å². The monoisotopic (exact) mass is 282 g/mol. The van der Waals surface area contributed by atoms with Crippen LogP contribution < -0.4 is 11.1 Å². The van der Waals surface area contributed by atoms with Crippen LogP contribution in [0.15, 0.2) is 48.8 Å². The van der Waals surface area contributed by atoms with Crippen molar-refractivity contribution in [2.75, 3.05) is 11.1 Å². The molecular weight excluding hydrogens is 271 g/mol. The molecule has 21 heavy (non-hydrogen) atoms. The highest BCUT2D eigenvalue weighted by molar-refractivity contribution is 6.07. The molecule has 3 N–H and O–H groups in total. The molecule has 3 aromatic rings. The fourth-order valence-electron chi connectivity index (χ4n) is 1.98. The fourth-order valence-corrected chi connectivity index (χ4v) is 1.98. The molecule has 5 nitrogen and oxygen atoms in total. The van der Waals surface area contributed by atoms with Crippen LogP contribution in [-0.2, 0) is 0 Å². The van der Waals surface area contributed by atoms with Gasteiger partial charge in [-0.2, -0.15) is 0 Å². The van der Waals surface area contributed by atoms with Gasteiger partial charge >= 0.3 is 0 Å². The van der Waals surface area contributed by atoms with E-state index in [0.29, 0.717) is 5.69 Å². The summed E-state index contributed by atoms with van der Waals surface area (Å²) in [5, 5.41) is 3.55. The number of nitrogen functional groups attached to an aromatic ring is 1. The van der Waals surface area contributed by atoms with Gasteiger partial charge in [-0.25, -0.2) is 9.37 Å². The quantitative estimate of drug-likeness (QED) is 0.757. The molecule has 0 fully saturated rings. The largest absolute Gasteiger partial charge is 0.383 e. The van der Waals surface area contributed by atoms with E-state index in [4.69, 9.17) is 5.73 Å². The van der Waals surface area contributed by atoms with Crippen molar-refractivity contribution >= 4 is 28.3 Å². The van der Waals surface area contributed by atoms with E-state index in [1.54, 1.807) is 24.4 Å². The third kappa shape index (κ3) is 2.64. The molecule has 0 saturated heterocycles. The van der Waals surface area contributed by atoms with E-state index in [9.17, 15) is 9.18 Å². The molecule has 2 aromatic heterocycles. The number of nitrogens with two attached hydrogens (primary N) is 1. The van der Waals surface area contributed by atoms with Crippen LogP contribution in [0.1, 0.15) is 10.4 Å². The minimum atomic E-state index is -0.614. The van der Waals surface area contributed by atoms with Gasteiger partial charge in [0.2, 0.25) is 0 Å². The van der Waals surface area contributed by atoms with Crippen LogP contribution in [0.2, 0.25) is 0 Å². The number of hydrogen-bond acceptors (Lipinski definition) is 4. The van der Waals surface area contributed by atoms with Gasteiger partial charge in [0, 0.05) is 17.3 Å². The smallest absolute Gasteiger partial charge is 0.259 e. The summed E-state index contributed by atoms with van der Waals surface area (Å²) >= 11 is 0. The summed E-state index contributed by atoms with van der Waals surface area (Å²) in [7, 11) is 0. The molecule has 6 heteroatoms. The van der Waals surface area contributed by atoms with Crippen LogP contribution in [0, 0.1) is 5.82 Å². The maximum Gasteiger partial charge on any atom is 0.259 e. The summed E-state index contributed by atoms with van der Waals surface area (Å²) in [6, 6.07) is 10.0. The Hall–Kier alpha value is -3.02. The van der Waals surface area contributed by atoms with E-state index in [0.717, 1.165) is 23.2 Å². The van der Waals surface area contributed by atoms with Crippen LogP contribution in [0.25, 0.3) is 10.9 Å². The molecule has 0 aliphatic heterocycles. The average Bonchev–Trinajstić information content (AvgIpc) is 2.49. The standard InChI is InChI=1S/C15H11FN4O/c16-10-7-12(14(17)19-8-10)15(21)20-11-3-4-13-9(6-11)2-1-5-18-13/h1-8H,(H2,17,19)(H,20,21). The Morgan fingerprint density at radius 2 is 2.05 bits per heavy atom. The highest BCUT2D eigenvalue weighted by Crippen LogP contribution is 2.19. The Bertz CT molecular complexity index is 835. The number of aromatic nitrogens is 2. The minimum Gasteiger partial charge on any atom is -0.383 e. The van der Waals surface area contributed by atoms with E-state index >= 15 is 0 Å². The Labute approximate surface area is 119 Å². The summed E-state index contributed by atoms with van der Waals surface area (Å²) in [4.78, 5) is 19.9. The second kappa shape index (κ2) is 5.16. The summed E-state index contributed by atoms with van der Waals surface area (Å²) in [5.74, 6) is -1.14. The number of carbonyl (C=O) groups excluding carboxylic acids is 1. The maximum absolute atomic E-state index is 13.1. The zero-order chi connectivity index (χ0) is 14.8. The minimum absolute atomic E-state index is 0.00119. The molecule has 2 heterocycles. The van der Waals surface area contributed by atoms with Gasteiger partial charge in [0.1, 0.15) is 11.6 Å². The number of amides is 1. The van der Waals surface area contributed by atoms with E-state index in [1.165, 1.54) is 0 Å². The molecular formula is C15H11FN4O. The Kier molecular flexibility index (Phi) is 3.19. The first-order chi connectivity index (χ1) is 10.1. The number of nitrogens with zero attached hydrogens (tertiary/aromatic N) is 2. The number of anilines is 2. The first-order valence-electron chi connectivity index (χ1n) is 6.20. The topological polar surface area (TPSA) is 80.9 Å². The number of pyridine rings is 2. The molecule has 3 rings (SSSR count). The van der Waals surface area contributed by atoms with Crippen LogP contribution in [0.4, 0.5) is 15.9 Å². The Morgan fingerprint density at radius 1 is 1.19 bits per heavy atom. The average molecular weight is 282 g/mol. The highest BCUT2D eigenvalue weighted by atomic mass is 19.1. The van der Waals surface area contributed by atoms with Gasteiger partial charge in [-0.1, -0.05) is 6.07 Å². The summed E-state index contributed by atoms with van der Waals surface area (Å²) in [6.45, 7) is 0. The normalized spacial score (nSPS) is 10.5. The van der Waals surface area contributed by atoms with Crippen molar-refractivity contribution in [1.82, 2.24) is 9.97 Å². The highest BCUT2D eigenvalue weighted by Gasteiger charge is 2.12. The van der Waals surface area contributed by atoms with Crippen LogP contribution in [0.3, 0.4) is 0 Å². The lowest BCUT2D eigenvalue weighted by atomic mass is 10.2. The van der Waals surface area contributed by atoms with Crippen molar-refractivity contribution in [2.45, 2.75) is 0 Å². The number of benzene rings is 1. The molecule has 0 atom stereocenters. The van der Waals surface area contributed by atoms with Crippen molar-refractivity contribution in [1.29, 1.82) is 0 Å². The van der Waals surface area contributed by atoms with E-state index in [-0.39, 0.29) is 11.4 Å². The van der Waals surface area contributed by atoms with Gasteiger partial charge in [-0.3, -0.25) is 9.78 Å². The zero-order valence-electron chi connectivity index (χ0n) is 10.9. The molecule has 1 amide bonds. The molecule has 0 unspecified atom stereocenters. The molecule has 0 bridgehead atoms. The SMILES string of the molecule is Nc1ncc(F)cc1C(=O)Nc1ccc2ncccc2c1. The van der Waals surface area contributed by atoms with Gasteiger partial charge in [0.05, 0.1) is 17.3 Å². The molecule has 0 saturated carbocycles. The van der Waals surface area contributed by atoms with Crippen molar-refractivity contribution < 1.29 is 9.18 Å². The van der Waals surface area contributed by atoms with Crippen LogP contribution >= 0.6 is 0 Å². The lowest BCUT2D eigenvalue weighted by Gasteiger charge is -2.08. The molecule has 0 aliphatic rings. The number of nitrogens with one attached hydrogen (secondary N) is 1. The lowest BCUT2D eigenvalue weighted by Crippen LogP contribution is -2.15. The summed E-state index contributed by atoms with van der Waals surface area (Å²) < 4.78 is 13.1. The van der Waals surface area contributed by atoms with E-state index < -0.39 is 11.7 Å². The van der Waals surface area contributed by atoms with Crippen molar-refractivity contribution in [3.63, 3.8) is 0 Å².